The molecule has 0 spiro atoms. The monoisotopic (exact) mass is 248 g/mol. The van der Waals surface area contributed by atoms with Crippen LogP contribution in [0.1, 0.15) is 0 Å². The first-order chi connectivity index (χ1) is 8.58. The highest BCUT2D eigenvalue weighted by Crippen LogP contribution is 2.28. The largest absolute Gasteiger partial charge is 0.397 e. The van der Waals surface area contributed by atoms with Crippen LogP contribution in [0.3, 0.4) is 0 Å². The van der Waals surface area contributed by atoms with Crippen molar-refractivity contribution in [1.82, 2.24) is 0 Å². The van der Waals surface area contributed by atoms with E-state index >= 15 is 0 Å². The van der Waals surface area contributed by atoms with Crippen LogP contribution < -0.4 is 22.9 Å². The summed E-state index contributed by atoms with van der Waals surface area (Å²) in [5.74, 6) is 0. The fourth-order valence-electron chi connectivity index (χ4n) is 1.51. The topological polar surface area (TPSA) is 145 Å². The molecule has 10 N–H and O–H groups in total. The third kappa shape index (κ3) is 2.82. The van der Waals surface area contributed by atoms with Crippen LogP contribution in [0.25, 0.3) is 11.1 Å². The summed E-state index contributed by atoms with van der Waals surface area (Å²) in [5, 5.41) is 12.0. The van der Waals surface area contributed by atoms with Gasteiger partial charge >= 0.3 is 0 Å². The molecule has 0 aromatic heterocycles. The summed E-state index contributed by atoms with van der Waals surface area (Å²) in [6.45, 7) is 0. The van der Waals surface area contributed by atoms with Crippen LogP contribution in [0.5, 0.6) is 0 Å². The lowest BCUT2D eigenvalue weighted by Crippen LogP contribution is -1.96. The van der Waals surface area contributed by atoms with Crippen molar-refractivity contribution in [3.63, 3.8) is 0 Å². The molecule has 0 fully saturated rings. The SMILES string of the molecule is Nc1ccc(-c2ccc(N)c(N)c2)cc1N.OO. The molecule has 0 saturated heterocycles. The molecule has 6 nitrogen and oxygen atoms in total. The van der Waals surface area contributed by atoms with E-state index in [-0.39, 0.29) is 0 Å². The van der Waals surface area contributed by atoms with Crippen LogP contribution in [0.2, 0.25) is 0 Å². The molecule has 0 aliphatic rings. The molecule has 0 saturated carbocycles. The maximum Gasteiger partial charge on any atom is 0.0554 e. The molecule has 96 valence electrons. The van der Waals surface area contributed by atoms with Gasteiger partial charge in [0.1, 0.15) is 0 Å². The van der Waals surface area contributed by atoms with E-state index in [4.69, 9.17) is 33.4 Å². The van der Waals surface area contributed by atoms with Gasteiger partial charge in [0.25, 0.3) is 0 Å². The molecule has 0 radical (unpaired) electrons. The summed E-state index contributed by atoms with van der Waals surface area (Å²) in [4.78, 5) is 0. The lowest BCUT2D eigenvalue weighted by atomic mass is 10.0. The van der Waals surface area contributed by atoms with E-state index in [2.05, 4.69) is 0 Å². The molecule has 2 aromatic rings. The normalized spacial score (nSPS) is 9.44. The van der Waals surface area contributed by atoms with Crippen LogP contribution in [0.4, 0.5) is 22.7 Å². The third-order valence-corrected chi connectivity index (χ3v) is 2.51. The second kappa shape index (κ2) is 5.76. The maximum absolute atomic E-state index is 6.00. The molecule has 2 rings (SSSR count). The van der Waals surface area contributed by atoms with Crippen molar-refractivity contribution in [2.45, 2.75) is 0 Å². The molecular weight excluding hydrogens is 232 g/mol. The molecule has 0 bridgehead atoms. The summed E-state index contributed by atoms with van der Waals surface area (Å²) < 4.78 is 0. The smallest absolute Gasteiger partial charge is 0.0554 e. The van der Waals surface area contributed by atoms with Crippen LogP contribution in [-0.4, -0.2) is 10.5 Å². The maximum atomic E-state index is 6.00. The highest BCUT2D eigenvalue weighted by atomic mass is 17.0. The molecular formula is C12H16N4O2. The summed E-state index contributed by atoms with van der Waals surface area (Å²) in [7, 11) is 0. The first kappa shape index (κ1) is 13.6. The minimum Gasteiger partial charge on any atom is -0.397 e. The van der Waals surface area contributed by atoms with E-state index < -0.39 is 0 Å². The Balaban J connectivity index is 0.000000771. The van der Waals surface area contributed by atoms with E-state index in [9.17, 15) is 0 Å². The summed E-state index contributed by atoms with van der Waals surface area (Å²) in [5.41, 5.74) is 27.0. The Hall–Kier alpha value is -2.44. The molecule has 6 heteroatoms. The average molecular weight is 248 g/mol. The van der Waals surface area contributed by atoms with Crippen LogP contribution in [0, 0.1) is 0 Å². The van der Waals surface area contributed by atoms with E-state index in [1.54, 1.807) is 12.1 Å². The number of rotatable bonds is 1. The van der Waals surface area contributed by atoms with Gasteiger partial charge in [0.05, 0.1) is 22.7 Å². The van der Waals surface area contributed by atoms with Crippen molar-refractivity contribution in [1.29, 1.82) is 0 Å². The lowest BCUT2D eigenvalue weighted by Gasteiger charge is -2.07. The highest BCUT2D eigenvalue weighted by molar-refractivity contribution is 5.78. The second-order valence-corrected chi connectivity index (χ2v) is 3.69. The van der Waals surface area contributed by atoms with Gasteiger partial charge in [0.2, 0.25) is 0 Å². The number of anilines is 4. The number of hydrogen-bond donors (Lipinski definition) is 6. The Morgan fingerprint density at radius 1 is 0.556 bits per heavy atom. The van der Waals surface area contributed by atoms with Crippen molar-refractivity contribution in [2.75, 3.05) is 22.9 Å². The van der Waals surface area contributed by atoms with Gasteiger partial charge in [0, 0.05) is 0 Å². The minimum atomic E-state index is 0.563. The number of nitrogens with two attached hydrogens (primary N) is 4. The second-order valence-electron chi connectivity index (χ2n) is 3.69. The Bertz CT molecular complexity index is 494. The predicted octanol–water partition coefficient (Wildman–Crippen LogP) is 1.70. The minimum absolute atomic E-state index is 0.563. The zero-order valence-electron chi connectivity index (χ0n) is 9.67. The van der Waals surface area contributed by atoms with Crippen molar-refractivity contribution in [3.05, 3.63) is 36.4 Å². The van der Waals surface area contributed by atoms with Crippen LogP contribution in [-0.2, 0) is 0 Å². The van der Waals surface area contributed by atoms with E-state index in [1.165, 1.54) is 0 Å². The Morgan fingerprint density at radius 3 is 1.17 bits per heavy atom. The van der Waals surface area contributed by atoms with Crippen LogP contribution in [0.15, 0.2) is 36.4 Å². The average Bonchev–Trinajstić information content (AvgIpc) is 2.38. The summed E-state index contributed by atoms with van der Waals surface area (Å²) in [6, 6.07) is 11.0. The van der Waals surface area contributed by atoms with Gasteiger partial charge in [-0.15, -0.1) is 0 Å². The standard InChI is InChI=1S/C12H14N4.H2O2/c13-9-3-1-7(5-11(9)15)8-2-4-10(14)12(16)6-8;1-2/h1-6H,13-16H2;1-2H. The van der Waals surface area contributed by atoms with Gasteiger partial charge in [-0.1, -0.05) is 12.1 Å². The molecule has 18 heavy (non-hydrogen) atoms. The number of benzene rings is 2. The zero-order valence-corrected chi connectivity index (χ0v) is 9.67. The summed E-state index contributed by atoms with van der Waals surface area (Å²) >= 11 is 0. The highest BCUT2D eigenvalue weighted by Gasteiger charge is 2.02. The van der Waals surface area contributed by atoms with Crippen molar-refractivity contribution in [2.24, 2.45) is 0 Å². The Morgan fingerprint density at radius 2 is 0.889 bits per heavy atom. The van der Waals surface area contributed by atoms with Gasteiger partial charge in [-0.25, -0.2) is 0 Å². The van der Waals surface area contributed by atoms with Gasteiger partial charge in [-0.05, 0) is 35.4 Å². The van der Waals surface area contributed by atoms with Gasteiger partial charge < -0.3 is 22.9 Å². The zero-order chi connectivity index (χ0) is 13.7. The van der Waals surface area contributed by atoms with Gasteiger partial charge in [-0.3, -0.25) is 10.5 Å². The molecule has 0 amide bonds. The quantitative estimate of drug-likeness (QED) is 0.257. The predicted molar refractivity (Wildman–Crippen MR) is 74.8 cm³/mol. The van der Waals surface area contributed by atoms with Crippen LogP contribution >= 0.6 is 0 Å². The number of nitrogen functional groups attached to an aromatic ring is 4. The van der Waals surface area contributed by atoms with Crippen molar-refractivity contribution < 1.29 is 10.5 Å². The van der Waals surface area contributed by atoms with Crippen molar-refractivity contribution >= 4 is 22.7 Å². The Labute approximate surface area is 104 Å². The summed E-state index contributed by atoms with van der Waals surface area (Å²) in [6.07, 6.45) is 0. The first-order valence-electron chi connectivity index (χ1n) is 5.08. The molecule has 2 aromatic carbocycles. The fraction of sp³-hybridized carbons (Fsp3) is 0. The van der Waals surface area contributed by atoms with Crippen molar-refractivity contribution in [3.8, 4) is 11.1 Å². The van der Waals surface area contributed by atoms with E-state index in [1.807, 2.05) is 24.3 Å². The molecule has 0 heterocycles. The fourth-order valence-corrected chi connectivity index (χ4v) is 1.51. The molecule has 0 aliphatic heterocycles. The molecule has 0 unspecified atom stereocenters. The van der Waals surface area contributed by atoms with Gasteiger partial charge in [0.15, 0.2) is 0 Å². The third-order valence-electron chi connectivity index (χ3n) is 2.51. The molecule has 0 atom stereocenters. The van der Waals surface area contributed by atoms with E-state index in [0.717, 1.165) is 11.1 Å². The van der Waals surface area contributed by atoms with Gasteiger partial charge in [-0.2, -0.15) is 0 Å². The van der Waals surface area contributed by atoms with E-state index in [0.29, 0.717) is 22.7 Å². The first-order valence-corrected chi connectivity index (χ1v) is 5.08. The Kier molecular flexibility index (Phi) is 4.36. The lowest BCUT2D eigenvalue weighted by molar-refractivity contribution is -0.176. The molecule has 0 aliphatic carbocycles. The number of hydrogen-bond acceptors (Lipinski definition) is 6.